The minimum atomic E-state index is -3.71. The molecule has 0 aromatic heterocycles. The van der Waals surface area contributed by atoms with Gasteiger partial charge >= 0.3 is 0 Å². The smallest absolute Gasteiger partial charge is 0.182 e. The highest BCUT2D eigenvalue weighted by molar-refractivity contribution is 7.91. The summed E-state index contributed by atoms with van der Waals surface area (Å²) in [7, 11) is -3.71. The normalized spacial score (nSPS) is 20.0. The van der Waals surface area contributed by atoms with E-state index in [2.05, 4.69) is 5.16 Å². The standard InChI is InChI=1S/C21H24ClNO7S/c1-3-29-11-12-10-14(23-30-12)18-17(31(27,28)4-2)9-8-13(20(18)22)21(26)19-15(24)6-5-7-16(19)25/h8-9,12,19H,3-7,10-11H2,1-2H3. The van der Waals surface area contributed by atoms with Gasteiger partial charge in [-0.15, -0.1) is 0 Å². The molecule has 31 heavy (non-hydrogen) atoms. The van der Waals surface area contributed by atoms with Crippen LogP contribution >= 0.6 is 11.6 Å². The molecule has 0 N–H and O–H groups in total. The number of nitrogens with zero attached hydrogens (tertiary/aromatic N) is 1. The van der Waals surface area contributed by atoms with Crippen LogP contribution in [0.1, 0.15) is 55.5 Å². The highest BCUT2D eigenvalue weighted by atomic mass is 35.5. The van der Waals surface area contributed by atoms with Crippen LogP contribution in [0.25, 0.3) is 0 Å². The molecule has 1 unspecified atom stereocenters. The van der Waals surface area contributed by atoms with Crippen molar-refractivity contribution in [3.63, 3.8) is 0 Å². The molecule has 168 valence electrons. The first kappa shape index (κ1) is 23.6. The highest BCUT2D eigenvalue weighted by Gasteiger charge is 2.39. The monoisotopic (exact) mass is 469 g/mol. The second kappa shape index (κ2) is 9.58. The molecule has 10 heteroatoms. The topological polar surface area (TPSA) is 116 Å². The van der Waals surface area contributed by atoms with Crippen molar-refractivity contribution in [1.29, 1.82) is 0 Å². The summed E-state index contributed by atoms with van der Waals surface area (Å²) < 4.78 is 30.7. The van der Waals surface area contributed by atoms with Gasteiger partial charge in [-0.3, -0.25) is 14.4 Å². The predicted molar refractivity (Wildman–Crippen MR) is 113 cm³/mol. The largest absolute Gasteiger partial charge is 0.389 e. The first-order chi connectivity index (χ1) is 14.7. The van der Waals surface area contributed by atoms with Crippen molar-refractivity contribution in [3.8, 4) is 0 Å². The Hall–Kier alpha value is -2.10. The Labute approximate surface area is 185 Å². The van der Waals surface area contributed by atoms with Crippen molar-refractivity contribution in [1.82, 2.24) is 0 Å². The number of hydrogen-bond acceptors (Lipinski definition) is 8. The number of carbonyl (C=O) groups excluding carboxylic acids is 3. The third-order valence-electron chi connectivity index (χ3n) is 5.37. The van der Waals surface area contributed by atoms with Crippen molar-refractivity contribution in [2.75, 3.05) is 19.0 Å². The van der Waals surface area contributed by atoms with Gasteiger partial charge in [0, 0.05) is 37.0 Å². The maximum Gasteiger partial charge on any atom is 0.182 e. The Morgan fingerprint density at radius 1 is 1.23 bits per heavy atom. The van der Waals surface area contributed by atoms with Crippen LogP contribution in [0.15, 0.2) is 22.2 Å². The Bertz CT molecular complexity index is 1030. The molecule has 1 aliphatic carbocycles. The SMILES string of the molecule is CCOCC1CC(c2c(S(=O)(=O)CC)ccc(C(=O)C3C(=O)CCCC3=O)c2Cl)=NO1. The van der Waals surface area contributed by atoms with E-state index < -0.39 is 39.2 Å². The summed E-state index contributed by atoms with van der Waals surface area (Å²) in [6.07, 6.45) is 0.543. The van der Waals surface area contributed by atoms with Gasteiger partial charge in [-0.25, -0.2) is 8.42 Å². The molecule has 8 nitrogen and oxygen atoms in total. The number of carbonyl (C=O) groups is 3. The van der Waals surface area contributed by atoms with Crippen LogP contribution in [0.4, 0.5) is 0 Å². The third-order valence-corrected chi connectivity index (χ3v) is 7.53. The minimum Gasteiger partial charge on any atom is -0.389 e. The molecule has 0 bridgehead atoms. The Morgan fingerprint density at radius 3 is 2.52 bits per heavy atom. The van der Waals surface area contributed by atoms with Gasteiger partial charge in [-0.1, -0.05) is 23.7 Å². The van der Waals surface area contributed by atoms with Gasteiger partial charge in [0.25, 0.3) is 0 Å². The molecule has 0 radical (unpaired) electrons. The van der Waals surface area contributed by atoms with Crippen LogP contribution in [0.2, 0.25) is 5.02 Å². The molecular weight excluding hydrogens is 446 g/mol. The maximum atomic E-state index is 13.1. The zero-order valence-corrected chi connectivity index (χ0v) is 18.9. The van der Waals surface area contributed by atoms with E-state index in [1.54, 1.807) is 0 Å². The zero-order valence-electron chi connectivity index (χ0n) is 17.4. The number of benzene rings is 1. The fourth-order valence-corrected chi connectivity index (χ4v) is 5.24. The Balaban J connectivity index is 2.07. The number of rotatable bonds is 8. The summed E-state index contributed by atoms with van der Waals surface area (Å²) in [4.78, 5) is 42.9. The molecule has 1 aromatic rings. The molecule has 1 aliphatic heterocycles. The number of halogens is 1. The van der Waals surface area contributed by atoms with Crippen LogP contribution in [0.5, 0.6) is 0 Å². The molecular formula is C21H24ClNO7S. The lowest BCUT2D eigenvalue weighted by Gasteiger charge is -2.20. The van der Waals surface area contributed by atoms with Gasteiger partial charge in [-0.2, -0.15) is 0 Å². The number of sulfone groups is 1. The fraction of sp³-hybridized carbons (Fsp3) is 0.524. The molecule has 1 atom stereocenters. The van der Waals surface area contributed by atoms with Crippen molar-refractivity contribution >= 4 is 44.5 Å². The number of ketones is 3. The van der Waals surface area contributed by atoms with Crippen molar-refractivity contribution in [2.45, 2.75) is 50.5 Å². The molecule has 0 saturated heterocycles. The van der Waals surface area contributed by atoms with Gasteiger partial charge in [0.2, 0.25) is 0 Å². The number of hydrogen-bond donors (Lipinski definition) is 0. The van der Waals surface area contributed by atoms with Gasteiger partial charge in [0.1, 0.15) is 5.92 Å². The van der Waals surface area contributed by atoms with E-state index in [1.165, 1.54) is 19.1 Å². The molecule has 1 heterocycles. The molecule has 2 aliphatic rings. The number of ether oxygens (including phenoxy) is 1. The van der Waals surface area contributed by atoms with Crippen LogP contribution in [0, 0.1) is 5.92 Å². The Kier molecular flexibility index (Phi) is 7.28. The molecule has 3 rings (SSSR count). The molecule has 0 spiro atoms. The van der Waals surface area contributed by atoms with Crippen LogP contribution in [-0.2, 0) is 29.0 Å². The summed E-state index contributed by atoms with van der Waals surface area (Å²) in [6, 6.07) is 2.55. The van der Waals surface area contributed by atoms with E-state index in [0.717, 1.165) is 0 Å². The van der Waals surface area contributed by atoms with E-state index in [4.69, 9.17) is 21.2 Å². The van der Waals surface area contributed by atoms with E-state index >= 15 is 0 Å². The first-order valence-corrected chi connectivity index (χ1v) is 12.2. The zero-order chi connectivity index (χ0) is 22.8. The van der Waals surface area contributed by atoms with E-state index in [0.29, 0.717) is 13.0 Å². The average Bonchev–Trinajstić information content (AvgIpc) is 3.20. The third kappa shape index (κ3) is 4.73. The van der Waals surface area contributed by atoms with Crippen LogP contribution < -0.4 is 0 Å². The van der Waals surface area contributed by atoms with Gasteiger partial charge in [0.15, 0.2) is 33.3 Å². The van der Waals surface area contributed by atoms with E-state index in [1.807, 2.05) is 6.92 Å². The maximum absolute atomic E-state index is 13.1. The lowest BCUT2D eigenvalue weighted by Crippen LogP contribution is -2.35. The Morgan fingerprint density at radius 2 is 1.90 bits per heavy atom. The molecule has 1 aromatic carbocycles. The van der Waals surface area contributed by atoms with Crippen LogP contribution in [-0.4, -0.2) is 56.5 Å². The summed E-state index contributed by atoms with van der Waals surface area (Å²) in [5.41, 5.74) is 0.276. The second-order valence-corrected chi connectivity index (χ2v) is 10.0. The van der Waals surface area contributed by atoms with Crippen molar-refractivity contribution in [3.05, 3.63) is 28.3 Å². The lowest BCUT2D eigenvalue weighted by atomic mass is 9.81. The highest BCUT2D eigenvalue weighted by Crippen LogP contribution is 2.34. The quantitative estimate of drug-likeness (QED) is 0.424. The fourth-order valence-electron chi connectivity index (χ4n) is 3.70. The predicted octanol–water partition coefficient (Wildman–Crippen LogP) is 2.78. The molecule has 1 saturated carbocycles. The summed E-state index contributed by atoms with van der Waals surface area (Å²) in [5.74, 6) is -3.18. The molecule has 1 fully saturated rings. The molecule has 0 amide bonds. The minimum absolute atomic E-state index is 0.0720. The van der Waals surface area contributed by atoms with E-state index in [-0.39, 0.29) is 58.4 Å². The number of Topliss-reactive ketones (excluding diaryl/α,β-unsaturated/α-hetero) is 3. The van der Waals surface area contributed by atoms with Crippen molar-refractivity contribution in [2.24, 2.45) is 11.1 Å². The van der Waals surface area contributed by atoms with E-state index in [9.17, 15) is 22.8 Å². The van der Waals surface area contributed by atoms with Gasteiger partial charge in [-0.05, 0) is 25.5 Å². The summed E-state index contributed by atoms with van der Waals surface area (Å²) in [6.45, 7) is 4.08. The van der Waals surface area contributed by atoms with Gasteiger partial charge < -0.3 is 9.57 Å². The lowest BCUT2D eigenvalue weighted by molar-refractivity contribution is -0.133. The van der Waals surface area contributed by atoms with Crippen molar-refractivity contribution < 1.29 is 32.4 Å². The summed E-state index contributed by atoms with van der Waals surface area (Å²) >= 11 is 6.54. The second-order valence-electron chi connectivity index (χ2n) is 7.42. The number of oxime groups is 1. The average molecular weight is 470 g/mol. The summed E-state index contributed by atoms with van der Waals surface area (Å²) in [5, 5.41) is 3.85. The van der Waals surface area contributed by atoms with Gasteiger partial charge in [0.05, 0.1) is 28.0 Å². The van der Waals surface area contributed by atoms with Crippen LogP contribution in [0.3, 0.4) is 0 Å². The first-order valence-electron chi connectivity index (χ1n) is 10.2.